The number of alkyl halides is 1. The Morgan fingerprint density at radius 2 is 1.95 bits per heavy atom. The van der Waals surface area contributed by atoms with Crippen molar-refractivity contribution in [2.24, 2.45) is 0 Å². The molecule has 1 aromatic carbocycles. The molecule has 0 bridgehead atoms. The van der Waals surface area contributed by atoms with Crippen molar-refractivity contribution in [3.63, 3.8) is 0 Å². The number of pyridine rings is 1. The van der Waals surface area contributed by atoms with Gasteiger partial charge in [-0.05, 0) is 29.6 Å². The predicted molar refractivity (Wildman–Crippen MR) is 96.8 cm³/mol. The number of rotatable bonds is 3. The van der Waals surface area contributed by atoms with Crippen molar-refractivity contribution in [3.8, 4) is 0 Å². The fraction of sp³-hybridized carbons (Fsp3) is 0.118. The second-order valence-electron chi connectivity index (χ2n) is 4.96. The fourth-order valence-corrected chi connectivity index (χ4v) is 5.29. The number of benzene rings is 1. The monoisotopic (exact) mass is 373 g/mol. The maximum absolute atomic E-state index is 4.76. The Kier molecular flexibility index (Phi) is 3.53. The van der Waals surface area contributed by atoms with Gasteiger partial charge in [0.2, 0.25) is 0 Å². The van der Waals surface area contributed by atoms with Crippen molar-refractivity contribution in [2.75, 3.05) is 0 Å². The average Bonchev–Trinajstić information content (AvgIpc) is 3.08. The van der Waals surface area contributed by atoms with Crippen LogP contribution in [0, 0.1) is 0 Å². The molecule has 0 saturated carbocycles. The number of halogens is 1. The molecular formula is C17H12BrNS2. The maximum atomic E-state index is 4.76. The van der Waals surface area contributed by atoms with E-state index in [-0.39, 0.29) is 0 Å². The molecule has 104 valence electrons. The third-order valence-corrected chi connectivity index (χ3v) is 6.84. The van der Waals surface area contributed by atoms with Gasteiger partial charge in [0.1, 0.15) is 0 Å². The first kappa shape index (κ1) is 13.4. The van der Waals surface area contributed by atoms with Crippen LogP contribution in [-0.4, -0.2) is 4.98 Å². The van der Waals surface area contributed by atoms with Crippen molar-refractivity contribution >= 4 is 58.9 Å². The molecule has 0 aliphatic heterocycles. The molecule has 21 heavy (non-hydrogen) atoms. The molecule has 1 unspecified atom stereocenters. The Bertz CT molecular complexity index is 881. The zero-order valence-electron chi connectivity index (χ0n) is 11.1. The molecule has 0 saturated heterocycles. The van der Waals surface area contributed by atoms with Crippen LogP contribution in [0.15, 0.2) is 53.9 Å². The standard InChI is InChI=1S/C17H12BrNS2/c18-13(16-10-17-15(21-16)7-8-20-17)9-12-6-5-11-3-1-2-4-14(11)19-12/h1-8,10,13H,9H2. The summed E-state index contributed by atoms with van der Waals surface area (Å²) in [4.78, 5) is 6.47. The van der Waals surface area contributed by atoms with Gasteiger partial charge in [0, 0.05) is 31.8 Å². The molecular weight excluding hydrogens is 362 g/mol. The summed E-state index contributed by atoms with van der Waals surface area (Å²) < 4.78 is 2.76. The highest BCUT2D eigenvalue weighted by molar-refractivity contribution is 9.09. The maximum Gasteiger partial charge on any atom is 0.0705 e. The summed E-state index contributed by atoms with van der Waals surface area (Å²) in [7, 11) is 0. The van der Waals surface area contributed by atoms with E-state index in [1.165, 1.54) is 19.7 Å². The summed E-state index contributed by atoms with van der Waals surface area (Å²) >= 11 is 7.50. The molecule has 0 aliphatic carbocycles. The highest BCUT2D eigenvalue weighted by Crippen LogP contribution is 2.38. The lowest BCUT2D eigenvalue weighted by atomic mass is 10.1. The minimum Gasteiger partial charge on any atom is -0.253 e. The largest absolute Gasteiger partial charge is 0.253 e. The molecule has 4 rings (SSSR count). The lowest BCUT2D eigenvalue weighted by molar-refractivity contribution is 0.930. The molecule has 0 spiro atoms. The molecule has 0 radical (unpaired) electrons. The molecule has 3 aromatic heterocycles. The molecule has 1 nitrogen and oxygen atoms in total. The van der Waals surface area contributed by atoms with Gasteiger partial charge >= 0.3 is 0 Å². The van der Waals surface area contributed by atoms with Crippen molar-refractivity contribution in [1.29, 1.82) is 0 Å². The summed E-state index contributed by atoms with van der Waals surface area (Å²) in [5.41, 5.74) is 2.20. The van der Waals surface area contributed by atoms with Gasteiger partial charge < -0.3 is 0 Å². The first-order valence-corrected chi connectivity index (χ1v) is 9.36. The Morgan fingerprint density at radius 1 is 1.05 bits per heavy atom. The first-order chi connectivity index (χ1) is 10.3. The molecule has 0 aliphatic rings. The molecule has 0 N–H and O–H groups in total. The normalized spacial score (nSPS) is 13.0. The Labute approximate surface area is 139 Å². The third kappa shape index (κ3) is 2.63. The molecule has 1 atom stereocenters. The van der Waals surface area contributed by atoms with Gasteiger partial charge in [0.25, 0.3) is 0 Å². The summed E-state index contributed by atoms with van der Waals surface area (Å²) in [6.45, 7) is 0. The minimum absolute atomic E-state index is 0.329. The smallest absolute Gasteiger partial charge is 0.0705 e. The van der Waals surface area contributed by atoms with E-state index in [9.17, 15) is 0 Å². The number of aromatic nitrogens is 1. The highest BCUT2D eigenvalue weighted by Gasteiger charge is 2.13. The van der Waals surface area contributed by atoms with Crippen LogP contribution in [0.1, 0.15) is 15.4 Å². The van der Waals surface area contributed by atoms with Crippen molar-refractivity contribution in [3.05, 3.63) is 64.5 Å². The van der Waals surface area contributed by atoms with Crippen LogP contribution in [0.2, 0.25) is 0 Å². The number of nitrogens with zero attached hydrogens (tertiary/aromatic N) is 1. The van der Waals surface area contributed by atoms with E-state index in [2.05, 4.69) is 63.8 Å². The number of fused-ring (bicyclic) bond motifs is 2. The summed E-state index contributed by atoms with van der Waals surface area (Å²) in [6.07, 6.45) is 0.915. The lowest BCUT2D eigenvalue weighted by Crippen LogP contribution is -1.96. The number of para-hydroxylation sites is 1. The lowest BCUT2D eigenvalue weighted by Gasteiger charge is -2.08. The van der Waals surface area contributed by atoms with E-state index in [1.54, 1.807) is 0 Å². The topological polar surface area (TPSA) is 12.9 Å². The summed E-state index contributed by atoms with van der Waals surface area (Å²) in [5, 5.41) is 3.35. The van der Waals surface area contributed by atoms with E-state index >= 15 is 0 Å². The molecule has 0 fully saturated rings. The number of hydrogen-bond donors (Lipinski definition) is 0. The Hall–Kier alpha value is -1.23. The van der Waals surface area contributed by atoms with Crippen LogP contribution in [-0.2, 0) is 6.42 Å². The zero-order chi connectivity index (χ0) is 14.2. The van der Waals surface area contributed by atoms with E-state index in [0.717, 1.165) is 17.6 Å². The summed E-state index contributed by atoms with van der Waals surface area (Å²) in [6, 6.07) is 17.0. The predicted octanol–water partition coefficient (Wildman–Crippen LogP) is 6.19. The van der Waals surface area contributed by atoms with Crippen LogP contribution < -0.4 is 0 Å². The Balaban J connectivity index is 1.62. The zero-order valence-corrected chi connectivity index (χ0v) is 14.3. The number of hydrogen-bond acceptors (Lipinski definition) is 3. The molecule has 0 amide bonds. The van der Waals surface area contributed by atoms with Crippen molar-refractivity contribution in [1.82, 2.24) is 4.98 Å². The van der Waals surface area contributed by atoms with Gasteiger partial charge in [-0.1, -0.05) is 40.2 Å². The average molecular weight is 374 g/mol. The third-order valence-electron chi connectivity index (χ3n) is 3.51. The number of thiophene rings is 2. The van der Waals surface area contributed by atoms with E-state index in [1.807, 2.05) is 28.7 Å². The molecule has 4 heteroatoms. The second kappa shape index (κ2) is 5.52. The van der Waals surface area contributed by atoms with E-state index in [0.29, 0.717) is 4.83 Å². The van der Waals surface area contributed by atoms with Crippen molar-refractivity contribution < 1.29 is 0 Å². The van der Waals surface area contributed by atoms with Crippen LogP contribution >= 0.6 is 38.6 Å². The highest BCUT2D eigenvalue weighted by atomic mass is 79.9. The second-order valence-corrected chi connectivity index (χ2v) is 8.13. The van der Waals surface area contributed by atoms with Gasteiger partial charge in [-0.3, -0.25) is 4.98 Å². The van der Waals surface area contributed by atoms with E-state index < -0.39 is 0 Å². The first-order valence-electron chi connectivity index (χ1n) is 6.75. The quantitative estimate of drug-likeness (QED) is 0.390. The van der Waals surface area contributed by atoms with Crippen molar-refractivity contribution in [2.45, 2.75) is 11.2 Å². The van der Waals surface area contributed by atoms with Gasteiger partial charge in [-0.25, -0.2) is 0 Å². The van der Waals surface area contributed by atoms with Gasteiger partial charge in [-0.15, -0.1) is 22.7 Å². The van der Waals surface area contributed by atoms with E-state index in [4.69, 9.17) is 4.98 Å². The van der Waals surface area contributed by atoms with Crippen LogP contribution in [0.5, 0.6) is 0 Å². The Morgan fingerprint density at radius 3 is 2.86 bits per heavy atom. The molecule has 3 heterocycles. The van der Waals surface area contributed by atoms with Gasteiger partial charge in [0.05, 0.1) is 10.3 Å². The van der Waals surface area contributed by atoms with Crippen LogP contribution in [0.4, 0.5) is 0 Å². The SMILES string of the molecule is BrC(Cc1ccc2ccccc2n1)c1cc2sccc2s1. The van der Waals surface area contributed by atoms with Gasteiger partial charge in [0.15, 0.2) is 0 Å². The van der Waals surface area contributed by atoms with Crippen LogP contribution in [0.3, 0.4) is 0 Å². The van der Waals surface area contributed by atoms with Crippen LogP contribution in [0.25, 0.3) is 20.3 Å². The minimum atomic E-state index is 0.329. The fourth-order valence-electron chi connectivity index (χ4n) is 2.44. The molecule has 4 aromatic rings. The van der Waals surface area contributed by atoms with Gasteiger partial charge in [-0.2, -0.15) is 0 Å². The summed E-state index contributed by atoms with van der Waals surface area (Å²) in [5.74, 6) is 0.